The Balaban J connectivity index is 0.00000342. The van der Waals surface area contributed by atoms with Gasteiger partial charge in [-0.2, -0.15) is 26.3 Å². The maximum Gasteiger partial charge on any atom is 0.416 e. The number of carbonyl (C=O) groups is 1. The summed E-state index contributed by atoms with van der Waals surface area (Å²) in [7, 11) is 0. The minimum absolute atomic E-state index is 0. The molecule has 2 aliphatic heterocycles. The number of Topliss-reactive ketones (excluding diaryl/α,β-unsaturated/α-hetero) is 1. The lowest BCUT2D eigenvalue weighted by Gasteiger charge is -2.41. The van der Waals surface area contributed by atoms with Crippen LogP contribution in [0.3, 0.4) is 0 Å². The van der Waals surface area contributed by atoms with Gasteiger partial charge in [-0.3, -0.25) is 19.6 Å². The molecular formula is C23H25ClF6N4O. The third-order valence-electron chi connectivity index (χ3n) is 6.34. The van der Waals surface area contributed by atoms with Crippen LogP contribution in [0.4, 0.5) is 32.0 Å². The molecular weight excluding hydrogens is 498 g/mol. The number of nitrogens with one attached hydrogen (secondary N) is 1. The number of anilines is 1. The van der Waals surface area contributed by atoms with E-state index < -0.39 is 41.8 Å². The van der Waals surface area contributed by atoms with Crippen LogP contribution >= 0.6 is 12.4 Å². The lowest BCUT2D eigenvalue weighted by molar-refractivity contribution is -0.143. The van der Waals surface area contributed by atoms with Gasteiger partial charge in [0.05, 0.1) is 23.7 Å². The van der Waals surface area contributed by atoms with E-state index in [0.717, 1.165) is 25.9 Å². The first-order valence-corrected chi connectivity index (χ1v) is 11.0. The molecule has 3 heterocycles. The second-order valence-corrected chi connectivity index (χ2v) is 8.63. The van der Waals surface area contributed by atoms with E-state index in [1.165, 1.54) is 0 Å². The van der Waals surface area contributed by atoms with Gasteiger partial charge < -0.3 is 5.32 Å². The highest BCUT2D eigenvalue weighted by Gasteiger charge is 2.38. The average Bonchev–Trinajstić information content (AvgIpc) is 3.25. The molecule has 1 N–H and O–H groups in total. The van der Waals surface area contributed by atoms with Gasteiger partial charge in [0, 0.05) is 43.8 Å². The van der Waals surface area contributed by atoms with E-state index in [4.69, 9.17) is 0 Å². The monoisotopic (exact) mass is 522 g/mol. The standard InChI is InChI=1S/C23H24F6N4O.ClH/c24-22(25,26)16-9-17(23(27,28)29)11-18(10-16)31-13-20(34)21(15-3-1-5-30-12-15)33-8-7-32-6-2-4-19(32)14-33;/h1,3,5,9-12,19,21,31H,2,4,6-8,13-14H2;1H/t19-,21-;/m1./s1. The molecule has 0 amide bonds. The number of rotatable bonds is 6. The summed E-state index contributed by atoms with van der Waals surface area (Å²) in [6, 6.07) is 4.30. The van der Waals surface area contributed by atoms with Crippen LogP contribution in [0.25, 0.3) is 0 Å². The van der Waals surface area contributed by atoms with Gasteiger partial charge in [0.25, 0.3) is 0 Å². The maximum absolute atomic E-state index is 13.3. The number of pyridine rings is 1. The number of hydrogen-bond acceptors (Lipinski definition) is 5. The summed E-state index contributed by atoms with van der Waals surface area (Å²) in [6.07, 6.45) is -4.67. The molecule has 4 rings (SSSR count). The molecule has 0 aliphatic carbocycles. The first-order chi connectivity index (χ1) is 16.0. The molecule has 0 saturated carbocycles. The Morgan fingerprint density at radius 3 is 2.34 bits per heavy atom. The first-order valence-electron chi connectivity index (χ1n) is 11.0. The van der Waals surface area contributed by atoms with Gasteiger partial charge in [-0.15, -0.1) is 12.4 Å². The van der Waals surface area contributed by atoms with Crippen LogP contribution in [0.15, 0.2) is 42.7 Å². The molecule has 0 radical (unpaired) electrons. The van der Waals surface area contributed by atoms with Crippen molar-refractivity contribution in [1.29, 1.82) is 0 Å². The fourth-order valence-electron chi connectivity index (χ4n) is 4.73. The Morgan fingerprint density at radius 1 is 1.06 bits per heavy atom. The number of aromatic nitrogens is 1. The number of benzene rings is 1. The highest BCUT2D eigenvalue weighted by Crippen LogP contribution is 2.37. The zero-order chi connectivity index (χ0) is 24.5. The topological polar surface area (TPSA) is 48.5 Å². The van der Waals surface area contributed by atoms with Crippen molar-refractivity contribution in [2.75, 3.05) is 38.0 Å². The lowest BCUT2D eigenvalue weighted by Crippen LogP contribution is -2.52. The van der Waals surface area contributed by atoms with Crippen LogP contribution in [-0.2, 0) is 17.1 Å². The molecule has 2 aromatic rings. The van der Waals surface area contributed by atoms with Gasteiger partial charge in [-0.25, -0.2) is 0 Å². The van der Waals surface area contributed by atoms with Crippen molar-refractivity contribution >= 4 is 23.9 Å². The Morgan fingerprint density at radius 2 is 1.74 bits per heavy atom. The minimum atomic E-state index is -4.96. The van der Waals surface area contributed by atoms with Crippen molar-refractivity contribution in [2.24, 2.45) is 0 Å². The summed E-state index contributed by atoms with van der Waals surface area (Å²) in [5, 5.41) is 2.50. The third kappa shape index (κ3) is 6.45. The summed E-state index contributed by atoms with van der Waals surface area (Å²) < 4.78 is 78.9. The van der Waals surface area contributed by atoms with E-state index in [0.29, 0.717) is 36.8 Å². The van der Waals surface area contributed by atoms with E-state index in [9.17, 15) is 31.1 Å². The van der Waals surface area contributed by atoms with Gasteiger partial charge in [0.2, 0.25) is 0 Å². The lowest BCUT2D eigenvalue weighted by atomic mass is 9.99. The van der Waals surface area contributed by atoms with Gasteiger partial charge >= 0.3 is 12.4 Å². The fraction of sp³-hybridized carbons (Fsp3) is 0.478. The van der Waals surface area contributed by atoms with Crippen LogP contribution in [0, 0.1) is 0 Å². The van der Waals surface area contributed by atoms with Crippen molar-refractivity contribution in [1.82, 2.24) is 14.8 Å². The quantitative estimate of drug-likeness (QED) is 0.539. The van der Waals surface area contributed by atoms with Crippen LogP contribution in [0.5, 0.6) is 0 Å². The average molecular weight is 523 g/mol. The Bertz CT molecular complexity index is 985. The Hall–Kier alpha value is -2.37. The molecule has 2 aliphatic rings. The molecule has 35 heavy (non-hydrogen) atoms. The van der Waals surface area contributed by atoms with Crippen molar-refractivity contribution in [2.45, 2.75) is 37.3 Å². The number of fused-ring (bicyclic) bond motifs is 1. The number of nitrogens with zero attached hydrogens (tertiary/aromatic N) is 3. The Kier molecular flexibility index (Phi) is 8.33. The summed E-state index contributed by atoms with van der Waals surface area (Å²) >= 11 is 0. The van der Waals surface area contributed by atoms with Crippen LogP contribution in [0.2, 0.25) is 0 Å². The first kappa shape index (κ1) is 27.2. The second-order valence-electron chi connectivity index (χ2n) is 8.63. The summed E-state index contributed by atoms with van der Waals surface area (Å²) in [5.41, 5.74) is -2.64. The van der Waals surface area contributed by atoms with E-state index >= 15 is 0 Å². The summed E-state index contributed by atoms with van der Waals surface area (Å²) in [5.74, 6) is -0.356. The van der Waals surface area contributed by atoms with Crippen LogP contribution in [0.1, 0.15) is 35.6 Å². The molecule has 12 heteroatoms. The van der Waals surface area contributed by atoms with Crippen LogP contribution in [-0.4, -0.2) is 59.3 Å². The van der Waals surface area contributed by atoms with E-state index in [1.807, 2.05) is 4.90 Å². The van der Waals surface area contributed by atoms with Gasteiger partial charge in [-0.1, -0.05) is 6.07 Å². The number of carbonyl (C=O) groups excluding carboxylic acids is 1. The molecule has 1 aromatic heterocycles. The van der Waals surface area contributed by atoms with Gasteiger partial charge in [0.15, 0.2) is 5.78 Å². The normalized spacial score (nSPS) is 20.1. The van der Waals surface area contributed by atoms with Crippen molar-refractivity contribution in [3.05, 3.63) is 59.4 Å². The van der Waals surface area contributed by atoms with Gasteiger partial charge in [0.1, 0.15) is 0 Å². The van der Waals surface area contributed by atoms with Crippen molar-refractivity contribution in [3.63, 3.8) is 0 Å². The zero-order valence-electron chi connectivity index (χ0n) is 18.6. The van der Waals surface area contributed by atoms with E-state index in [1.54, 1.807) is 24.5 Å². The molecule has 2 saturated heterocycles. The molecule has 0 unspecified atom stereocenters. The number of piperazine rings is 1. The predicted octanol–water partition coefficient (Wildman–Crippen LogP) is 5.04. The number of hydrogen-bond donors (Lipinski definition) is 1. The molecule has 5 nitrogen and oxygen atoms in total. The van der Waals surface area contributed by atoms with E-state index in [2.05, 4.69) is 15.2 Å². The largest absolute Gasteiger partial charge is 0.416 e. The molecule has 0 spiro atoms. The summed E-state index contributed by atoms with van der Waals surface area (Å²) in [6.45, 7) is 2.67. The number of alkyl halides is 6. The number of ketones is 1. The Labute approximate surface area is 204 Å². The predicted molar refractivity (Wildman–Crippen MR) is 120 cm³/mol. The number of halogens is 7. The molecule has 2 atom stereocenters. The fourth-order valence-corrected chi connectivity index (χ4v) is 4.73. The SMILES string of the molecule is Cl.O=C(CNc1cc(C(F)(F)F)cc(C(F)(F)F)c1)[C@@H](c1cccnc1)N1CCN2CCC[C@@H]2C1. The highest BCUT2D eigenvalue weighted by atomic mass is 35.5. The highest BCUT2D eigenvalue weighted by molar-refractivity contribution is 5.89. The molecule has 1 aromatic carbocycles. The van der Waals surface area contributed by atoms with Crippen molar-refractivity contribution in [3.8, 4) is 0 Å². The summed E-state index contributed by atoms with van der Waals surface area (Å²) in [4.78, 5) is 21.8. The molecule has 192 valence electrons. The second kappa shape index (κ2) is 10.7. The zero-order valence-corrected chi connectivity index (χ0v) is 19.4. The van der Waals surface area contributed by atoms with Crippen molar-refractivity contribution < 1.29 is 31.1 Å². The molecule has 0 bridgehead atoms. The molecule has 2 fully saturated rings. The van der Waals surface area contributed by atoms with Gasteiger partial charge in [-0.05, 0) is 49.2 Å². The van der Waals surface area contributed by atoms with Crippen LogP contribution < -0.4 is 5.32 Å². The third-order valence-corrected chi connectivity index (χ3v) is 6.34. The minimum Gasteiger partial charge on any atom is -0.378 e. The maximum atomic E-state index is 13.3. The smallest absolute Gasteiger partial charge is 0.378 e. The van der Waals surface area contributed by atoms with E-state index in [-0.39, 0.29) is 24.3 Å².